The third kappa shape index (κ3) is 3.97. The third-order valence-corrected chi connectivity index (χ3v) is 3.53. The zero-order valence-corrected chi connectivity index (χ0v) is 11.8. The second-order valence-corrected chi connectivity index (χ2v) is 5.92. The molecule has 0 heterocycles. The van der Waals surface area contributed by atoms with Gasteiger partial charge in [-0.15, -0.1) is 0 Å². The Kier molecular flexibility index (Phi) is 4.97. The number of rotatable bonds is 7. The van der Waals surface area contributed by atoms with Crippen LogP contribution in [0.25, 0.3) is 0 Å². The minimum Gasteiger partial charge on any atom is -0.375 e. The SMILES string of the molecule is CC(C)NC(C#N)(COC(C)C(C)C)C1CC1. The quantitative estimate of drug-likeness (QED) is 0.741. The average Bonchev–Trinajstić information content (AvgIpc) is 3.07. The summed E-state index contributed by atoms with van der Waals surface area (Å²) in [4.78, 5) is 0. The molecule has 1 aliphatic carbocycles. The van der Waals surface area contributed by atoms with Crippen LogP contribution in [0.5, 0.6) is 0 Å². The topological polar surface area (TPSA) is 45.0 Å². The van der Waals surface area contributed by atoms with Gasteiger partial charge in [-0.25, -0.2) is 0 Å². The van der Waals surface area contributed by atoms with E-state index >= 15 is 0 Å². The molecule has 1 fully saturated rings. The maximum atomic E-state index is 9.49. The van der Waals surface area contributed by atoms with Gasteiger partial charge in [0.15, 0.2) is 0 Å². The Morgan fingerprint density at radius 2 is 1.88 bits per heavy atom. The van der Waals surface area contributed by atoms with Crippen LogP contribution in [-0.2, 0) is 4.74 Å². The molecule has 0 aliphatic heterocycles. The first-order valence-electron chi connectivity index (χ1n) is 6.72. The van der Waals surface area contributed by atoms with Crippen LogP contribution < -0.4 is 5.32 Å². The van der Waals surface area contributed by atoms with E-state index in [2.05, 4.69) is 46.0 Å². The predicted molar refractivity (Wildman–Crippen MR) is 69.6 cm³/mol. The summed E-state index contributed by atoms with van der Waals surface area (Å²) in [6, 6.07) is 2.78. The summed E-state index contributed by atoms with van der Waals surface area (Å²) in [5, 5.41) is 12.9. The van der Waals surface area contributed by atoms with Gasteiger partial charge in [-0.05, 0) is 45.4 Å². The Balaban J connectivity index is 2.61. The first-order chi connectivity index (χ1) is 7.91. The van der Waals surface area contributed by atoms with Crippen molar-refractivity contribution in [3.8, 4) is 6.07 Å². The molecule has 2 unspecified atom stereocenters. The predicted octanol–water partition coefficient (Wildman–Crippen LogP) is 2.72. The van der Waals surface area contributed by atoms with Gasteiger partial charge in [-0.2, -0.15) is 5.26 Å². The van der Waals surface area contributed by atoms with E-state index in [0.717, 1.165) is 12.8 Å². The van der Waals surface area contributed by atoms with Crippen molar-refractivity contribution in [3.05, 3.63) is 0 Å². The Morgan fingerprint density at radius 1 is 1.29 bits per heavy atom. The van der Waals surface area contributed by atoms with Gasteiger partial charge in [0.1, 0.15) is 5.54 Å². The fourth-order valence-electron chi connectivity index (χ4n) is 1.98. The van der Waals surface area contributed by atoms with E-state index in [4.69, 9.17) is 4.74 Å². The summed E-state index contributed by atoms with van der Waals surface area (Å²) in [7, 11) is 0. The molecule has 2 atom stereocenters. The molecular weight excluding hydrogens is 212 g/mol. The fourth-order valence-corrected chi connectivity index (χ4v) is 1.98. The van der Waals surface area contributed by atoms with Crippen molar-refractivity contribution in [3.63, 3.8) is 0 Å². The van der Waals surface area contributed by atoms with Crippen molar-refractivity contribution < 1.29 is 4.74 Å². The van der Waals surface area contributed by atoms with Crippen LogP contribution >= 0.6 is 0 Å². The highest BCUT2D eigenvalue weighted by molar-refractivity contribution is 5.16. The monoisotopic (exact) mass is 238 g/mol. The number of nitrogens with one attached hydrogen (secondary N) is 1. The van der Waals surface area contributed by atoms with Crippen LogP contribution in [0.15, 0.2) is 0 Å². The van der Waals surface area contributed by atoms with E-state index in [-0.39, 0.29) is 6.10 Å². The first-order valence-corrected chi connectivity index (χ1v) is 6.72. The molecule has 3 nitrogen and oxygen atoms in total. The zero-order valence-electron chi connectivity index (χ0n) is 11.8. The number of nitriles is 1. The van der Waals surface area contributed by atoms with Crippen molar-refractivity contribution in [2.45, 2.75) is 65.1 Å². The minimum absolute atomic E-state index is 0.204. The molecule has 1 saturated carbocycles. The summed E-state index contributed by atoms with van der Waals surface area (Å²) in [5.41, 5.74) is -0.475. The van der Waals surface area contributed by atoms with Crippen molar-refractivity contribution in [1.29, 1.82) is 5.26 Å². The summed E-state index contributed by atoms with van der Waals surface area (Å²) in [6.45, 7) is 11.0. The minimum atomic E-state index is -0.475. The first kappa shape index (κ1) is 14.5. The molecule has 1 aliphatic rings. The van der Waals surface area contributed by atoms with Gasteiger partial charge in [0, 0.05) is 6.04 Å². The summed E-state index contributed by atoms with van der Waals surface area (Å²) >= 11 is 0. The highest BCUT2D eigenvalue weighted by Crippen LogP contribution is 2.40. The van der Waals surface area contributed by atoms with E-state index in [9.17, 15) is 5.26 Å². The van der Waals surface area contributed by atoms with E-state index < -0.39 is 5.54 Å². The largest absolute Gasteiger partial charge is 0.375 e. The number of ether oxygens (including phenoxy) is 1. The van der Waals surface area contributed by atoms with Crippen LogP contribution in [-0.4, -0.2) is 24.3 Å². The Hall–Kier alpha value is -0.590. The van der Waals surface area contributed by atoms with E-state index in [0.29, 0.717) is 24.5 Å². The molecule has 0 aromatic rings. The molecule has 98 valence electrons. The zero-order chi connectivity index (χ0) is 13.1. The van der Waals surface area contributed by atoms with Crippen molar-refractivity contribution in [2.24, 2.45) is 11.8 Å². The van der Waals surface area contributed by atoms with Gasteiger partial charge in [-0.3, -0.25) is 5.32 Å². The number of nitrogens with zero attached hydrogens (tertiary/aromatic N) is 1. The molecule has 0 bridgehead atoms. The Labute approximate surface area is 106 Å². The fraction of sp³-hybridized carbons (Fsp3) is 0.929. The highest BCUT2D eigenvalue weighted by Gasteiger charge is 2.46. The van der Waals surface area contributed by atoms with Crippen LogP contribution in [0.1, 0.15) is 47.5 Å². The van der Waals surface area contributed by atoms with Crippen molar-refractivity contribution in [1.82, 2.24) is 5.32 Å². The Morgan fingerprint density at radius 3 is 2.24 bits per heavy atom. The van der Waals surface area contributed by atoms with Crippen LogP contribution in [0.2, 0.25) is 0 Å². The van der Waals surface area contributed by atoms with Gasteiger partial charge < -0.3 is 4.74 Å². The van der Waals surface area contributed by atoms with E-state index in [1.165, 1.54) is 0 Å². The van der Waals surface area contributed by atoms with E-state index in [1.54, 1.807) is 0 Å². The maximum Gasteiger partial charge on any atom is 0.133 e. The van der Waals surface area contributed by atoms with Crippen molar-refractivity contribution >= 4 is 0 Å². The lowest BCUT2D eigenvalue weighted by molar-refractivity contribution is 0.00197. The molecule has 0 amide bonds. The number of hydrogen-bond acceptors (Lipinski definition) is 3. The summed E-state index contributed by atoms with van der Waals surface area (Å²) < 4.78 is 5.88. The highest BCUT2D eigenvalue weighted by atomic mass is 16.5. The standard InChI is InChI=1S/C14H26N2O/c1-10(2)12(5)17-9-14(8-15,13-6-7-13)16-11(3)4/h10-13,16H,6-7,9H2,1-5H3. The lowest BCUT2D eigenvalue weighted by Crippen LogP contribution is -2.53. The van der Waals surface area contributed by atoms with Gasteiger partial charge in [0.05, 0.1) is 18.8 Å². The normalized spacial score (nSPS) is 21.3. The lowest BCUT2D eigenvalue weighted by Gasteiger charge is -2.32. The van der Waals surface area contributed by atoms with Crippen LogP contribution in [0.4, 0.5) is 0 Å². The second kappa shape index (κ2) is 5.84. The molecule has 0 spiro atoms. The lowest BCUT2D eigenvalue weighted by atomic mass is 9.94. The maximum absolute atomic E-state index is 9.49. The Bertz CT molecular complexity index is 278. The summed E-state index contributed by atoms with van der Waals surface area (Å²) in [6.07, 6.45) is 2.50. The molecule has 0 saturated heterocycles. The number of hydrogen-bond donors (Lipinski definition) is 1. The van der Waals surface area contributed by atoms with Gasteiger partial charge in [-0.1, -0.05) is 13.8 Å². The van der Waals surface area contributed by atoms with Crippen LogP contribution in [0.3, 0.4) is 0 Å². The average molecular weight is 238 g/mol. The molecule has 1 rings (SSSR count). The van der Waals surface area contributed by atoms with E-state index in [1.807, 2.05) is 0 Å². The smallest absolute Gasteiger partial charge is 0.133 e. The van der Waals surface area contributed by atoms with Crippen LogP contribution in [0, 0.1) is 23.2 Å². The second-order valence-electron chi connectivity index (χ2n) is 5.92. The molecule has 0 radical (unpaired) electrons. The molecule has 1 N–H and O–H groups in total. The van der Waals surface area contributed by atoms with Gasteiger partial charge in [0.2, 0.25) is 0 Å². The summed E-state index contributed by atoms with van der Waals surface area (Å²) in [5.74, 6) is 0.957. The molecular formula is C14H26N2O. The molecule has 0 aromatic heterocycles. The molecule has 17 heavy (non-hydrogen) atoms. The van der Waals surface area contributed by atoms with Gasteiger partial charge >= 0.3 is 0 Å². The van der Waals surface area contributed by atoms with Gasteiger partial charge in [0.25, 0.3) is 0 Å². The molecule has 0 aromatic carbocycles. The third-order valence-electron chi connectivity index (χ3n) is 3.53. The molecule has 3 heteroatoms. The van der Waals surface area contributed by atoms with Crippen molar-refractivity contribution in [2.75, 3.05) is 6.61 Å².